The molecular weight excluding hydrogens is 407 g/mol. The van der Waals surface area contributed by atoms with E-state index in [0.717, 1.165) is 24.1 Å². The topological polar surface area (TPSA) is 49.4 Å². The molecule has 1 aliphatic heterocycles. The summed E-state index contributed by atoms with van der Waals surface area (Å²) in [5, 5.41) is 3.59. The Bertz CT molecular complexity index is 1080. The summed E-state index contributed by atoms with van der Waals surface area (Å²) in [6.07, 6.45) is 1.80. The second-order valence-electron chi connectivity index (χ2n) is 6.85. The number of benzene rings is 3. The van der Waals surface area contributed by atoms with Gasteiger partial charge >= 0.3 is 0 Å². The molecule has 3 aromatic carbocycles. The van der Waals surface area contributed by atoms with Crippen molar-refractivity contribution in [2.75, 3.05) is 16.8 Å². The van der Waals surface area contributed by atoms with Crippen molar-refractivity contribution in [1.29, 1.82) is 0 Å². The smallest absolute Gasteiger partial charge is 0.258 e. The molecular formula is C23H18Cl2N2O2. The molecule has 6 heteroatoms. The number of hydrogen-bond donors (Lipinski definition) is 1. The summed E-state index contributed by atoms with van der Waals surface area (Å²) in [7, 11) is 0. The molecule has 0 aliphatic carbocycles. The van der Waals surface area contributed by atoms with Crippen LogP contribution < -0.4 is 10.2 Å². The monoisotopic (exact) mass is 424 g/mol. The average Bonchev–Trinajstić information content (AvgIpc) is 2.75. The lowest BCUT2D eigenvalue weighted by Crippen LogP contribution is -2.35. The predicted octanol–water partition coefficient (Wildman–Crippen LogP) is 5.84. The molecule has 29 heavy (non-hydrogen) atoms. The molecule has 0 bridgehead atoms. The van der Waals surface area contributed by atoms with Crippen molar-refractivity contribution in [1.82, 2.24) is 0 Å². The van der Waals surface area contributed by atoms with Gasteiger partial charge < -0.3 is 10.2 Å². The lowest BCUT2D eigenvalue weighted by atomic mass is 10.00. The number of hydrogen-bond acceptors (Lipinski definition) is 2. The van der Waals surface area contributed by atoms with Crippen LogP contribution in [-0.2, 0) is 6.42 Å². The molecule has 2 amide bonds. The van der Waals surface area contributed by atoms with Crippen molar-refractivity contribution in [3.05, 3.63) is 93.5 Å². The van der Waals surface area contributed by atoms with E-state index in [1.807, 2.05) is 48.5 Å². The highest BCUT2D eigenvalue weighted by atomic mass is 35.5. The maximum Gasteiger partial charge on any atom is 0.258 e. The number of carbonyl (C=O) groups excluding carboxylic acids is 2. The van der Waals surface area contributed by atoms with E-state index in [4.69, 9.17) is 23.2 Å². The van der Waals surface area contributed by atoms with Crippen LogP contribution in [0.5, 0.6) is 0 Å². The number of nitrogens with one attached hydrogen (secondary N) is 1. The van der Waals surface area contributed by atoms with Gasteiger partial charge in [-0.3, -0.25) is 9.59 Å². The van der Waals surface area contributed by atoms with Gasteiger partial charge in [-0.2, -0.15) is 0 Å². The van der Waals surface area contributed by atoms with Crippen LogP contribution in [0.2, 0.25) is 10.0 Å². The zero-order chi connectivity index (χ0) is 20.4. The Morgan fingerprint density at radius 3 is 2.41 bits per heavy atom. The van der Waals surface area contributed by atoms with Gasteiger partial charge in [-0.15, -0.1) is 0 Å². The van der Waals surface area contributed by atoms with Crippen LogP contribution in [0.1, 0.15) is 32.7 Å². The molecule has 0 radical (unpaired) electrons. The fourth-order valence-electron chi connectivity index (χ4n) is 3.44. The molecule has 0 saturated carbocycles. The molecule has 3 aromatic rings. The lowest BCUT2D eigenvalue weighted by molar-refractivity contribution is 0.0984. The predicted molar refractivity (Wildman–Crippen MR) is 117 cm³/mol. The summed E-state index contributed by atoms with van der Waals surface area (Å²) in [5.74, 6) is -0.334. The van der Waals surface area contributed by atoms with Crippen LogP contribution in [0.4, 0.5) is 11.4 Å². The van der Waals surface area contributed by atoms with Gasteiger partial charge in [0.1, 0.15) is 0 Å². The van der Waals surface area contributed by atoms with Crippen molar-refractivity contribution in [3.8, 4) is 0 Å². The van der Waals surface area contributed by atoms with Crippen molar-refractivity contribution in [2.24, 2.45) is 0 Å². The quantitative estimate of drug-likeness (QED) is 0.573. The highest BCUT2D eigenvalue weighted by Gasteiger charge is 2.24. The molecule has 0 atom stereocenters. The molecule has 0 aromatic heterocycles. The van der Waals surface area contributed by atoms with E-state index in [1.165, 1.54) is 6.07 Å². The standard InChI is InChI=1S/C23H18Cl2N2O2/c24-19-11-9-17(13-20(19)25)22(28)26-18-10-8-15-7-4-12-27(21(15)14-18)23(29)16-5-2-1-3-6-16/h1-3,5-6,8-11,13-14H,4,7,12H2,(H,26,28). The molecule has 4 rings (SSSR count). The van der Waals surface area contributed by atoms with E-state index in [1.54, 1.807) is 17.0 Å². The van der Waals surface area contributed by atoms with Crippen LogP contribution in [0.3, 0.4) is 0 Å². The van der Waals surface area contributed by atoms with Crippen molar-refractivity contribution < 1.29 is 9.59 Å². The molecule has 0 saturated heterocycles. The molecule has 1 N–H and O–H groups in total. The van der Waals surface area contributed by atoms with Gasteiger partial charge in [-0.05, 0) is 60.9 Å². The molecule has 1 heterocycles. The minimum Gasteiger partial charge on any atom is -0.322 e. The van der Waals surface area contributed by atoms with E-state index in [0.29, 0.717) is 33.4 Å². The molecule has 146 valence electrons. The van der Waals surface area contributed by atoms with Crippen LogP contribution in [-0.4, -0.2) is 18.4 Å². The number of carbonyl (C=O) groups is 2. The minimum absolute atomic E-state index is 0.0421. The molecule has 0 fully saturated rings. The second kappa shape index (κ2) is 8.27. The Hall–Kier alpha value is -2.82. The van der Waals surface area contributed by atoms with E-state index in [-0.39, 0.29) is 11.8 Å². The van der Waals surface area contributed by atoms with E-state index < -0.39 is 0 Å². The third-order valence-corrected chi connectivity index (χ3v) is 5.65. The summed E-state index contributed by atoms with van der Waals surface area (Å²) in [4.78, 5) is 27.4. The zero-order valence-corrected chi connectivity index (χ0v) is 17.0. The van der Waals surface area contributed by atoms with Gasteiger partial charge in [0.25, 0.3) is 11.8 Å². The Morgan fingerprint density at radius 1 is 0.862 bits per heavy atom. The number of halogens is 2. The van der Waals surface area contributed by atoms with E-state index in [9.17, 15) is 9.59 Å². The Balaban J connectivity index is 1.60. The summed E-state index contributed by atoms with van der Waals surface area (Å²) in [6, 6.07) is 19.6. The van der Waals surface area contributed by atoms with Crippen LogP contribution in [0.15, 0.2) is 66.7 Å². The number of fused-ring (bicyclic) bond motifs is 1. The van der Waals surface area contributed by atoms with Gasteiger partial charge in [-0.25, -0.2) is 0 Å². The molecule has 1 aliphatic rings. The average molecular weight is 425 g/mol. The third-order valence-electron chi connectivity index (χ3n) is 4.91. The SMILES string of the molecule is O=C(Nc1ccc2c(c1)N(C(=O)c1ccccc1)CCC2)c1ccc(Cl)c(Cl)c1. The van der Waals surface area contributed by atoms with Gasteiger partial charge in [0, 0.05) is 29.0 Å². The Labute approximate surface area is 179 Å². The van der Waals surface area contributed by atoms with Gasteiger partial charge in [0.15, 0.2) is 0 Å². The summed E-state index contributed by atoms with van der Waals surface area (Å²) in [5.41, 5.74) is 3.60. The first kappa shape index (κ1) is 19.5. The minimum atomic E-state index is -0.291. The maximum atomic E-state index is 13.0. The first-order chi connectivity index (χ1) is 14.0. The van der Waals surface area contributed by atoms with Crippen LogP contribution in [0.25, 0.3) is 0 Å². The Kier molecular flexibility index (Phi) is 5.56. The Morgan fingerprint density at radius 2 is 1.66 bits per heavy atom. The summed E-state index contributed by atoms with van der Waals surface area (Å²) < 4.78 is 0. The van der Waals surface area contributed by atoms with E-state index in [2.05, 4.69) is 5.32 Å². The molecule has 0 spiro atoms. The zero-order valence-electron chi connectivity index (χ0n) is 15.5. The van der Waals surface area contributed by atoms with Gasteiger partial charge in [-0.1, -0.05) is 47.5 Å². The highest BCUT2D eigenvalue weighted by molar-refractivity contribution is 6.42. The fraction of sp³-hybridized carbons (Fsp3) is 0.130. The fourth-order valence-corrected chi connectivity index (χ4v) is 3.74. The van der Waals surface area contributed by atoms with Crippen LogP contribution >= 0.6 is 23.2 Å². The van der Waals surface area contributed by atoms with Crippen molar-refractivity contribution in [2.45, 2.75) is 12.8 Å². The van der Waals surface area contributed by atoms with Gasteiger partial charge in [0.2, 0.25) is 0 Å². The van der Waals surface area contributed by atoms with Crippen molar-refractivity contribution in [3.63, 3.8) is 0 Å². The number of nitrogens with zero attached hydrogens (tertiary/aromatic N) is 1. The number of amides is 2. The number of aryl methyl sites for hydroxylation is 1. The summed E-state index contributed by atoms with van der Waals surface area (Å²) in [6.45, 7) is 0.644. The first-order valence-electron chi connectivity index (χ1n) is 9.29. The largest absolute Gasteiger partial charge is 0.322 e. The lowest BCUT2D eigenvalue weighted by Gasteiger charge is -2.30. The maximum absolute atomic E-state index is 13.0. The second-order valence-corrected chi connectivity index (χ2v) is 7.67. The van der Waals surface area contributed by atoms with Gasteiger partial charge in [0.05, 0.1) is 10.0 Å². The van der Waals surface area contributed by atoms with Crippen LogP contribution in [0, 0.1) is 0 Å². The summed E-state index contributed by atoms with van der Waals surface area (Å²) >= 11 is 11.9. The normalized spacial score (nSPS) is 13.0. The van der Waals surface area contributed by atoms with E-state index >= 15 is 0 Å². The number of anilines is 2. The first-order valence-corrected chi connectivity index (χ1v) is 10.0. The molecule has 4 nitrogen and oxygen atoms in total. The van der Waals surface area contributed by atoms with Crippen molar-refractivity contribution >= 4 is 46.4 Å². The number of rotatable bonds is 3. The third kappa shape index (κ3) is 4.14. The highest BCUT2D eigenvalue weighted by Crippen LogP contribution is 2.31. The molecule has 0 unspecified atom stereocenters.